The molecule has 3 nitrogen and oxygen atoms in total. The molecule has 0 radical (unpaired) electrons. The van der Waals surface area contributed by atoms with Crippen molar-refractivity contribution in [1.82, 2.24) is 0 Å². The van der Waals surface area contributed by atoms with E-state index >= 15 is 0 Å². The minimum Gasteiger partial charge on any atom is -0.399 e. The summed E-state index contributed by atoms with van der Waals surface area (Å²) in [6.07, 6.45) is 0.630. The van der Waals surface area contributed by atoms with Crippen molar-refractivity contribution in [2.75, 3.05) is 11.1 Å². The molecule has 0 aliphatic carbocycles. The third-order valence-corrected chi connectivity index (χ3v) is 1.14. The van der Waals surface area contributed by atoms with Crippen LogP contribution in [0.3, 0.4) is 0 Å². The maximum atomic E-state index is 9.92. The lowest BCUT2D eigenvalue weighted by Crippen LogP contribution is -1.93. The van der Waals surface area contributed by atoms with E-state index in [1.165, 1.54) is 0 Å². The van der Waals surface area contributed by atoms with E-state index in [9.17, 15) is 4.79 Å². The zero-order chi connectivity index (χ0) is 7.40. The average Bonchev–Trinajstić information content (AvgIpc) is 1.95. The van der Waals surface area contributed by atoms with Crippen LogP contribution in [0.5, 0.6) is 0 Å². The van der Waals surface area contributed by atoms with Crippen molar-refractivity contribution in [3.8, 4) is 0 Å². The predicted molar refractivity (Wildman–Crippen MR) is 40.5 cm³/mol. The lowest BCUT2D eigenvalue weighted by atomic mass is 10.3. The molecule has 1 aromatic carbocycles. The number of amides is 1. The Labute approximate surface area is 58.8 Å². The molecule has 0 saturated carbocycles. The van der Waals surface area contributed by atoms with Crippen LogP contribution < -0.4 is 11.1 Å². The van der Waals surface area contributed by atoms with Gasteiger partial charge in [-0.2, -0.15) is 0 Å². The highest BCUT2D eigenvalue weighted by atomic mass is 16.1. The van der Waals surface area contributed by atoms with Crippen LogP contribution in [0, 0.1) is 0 Å². The van der Waals surface area contributed by atoms with Gasteiger partial charge in [0.25, 0.3) is 0 Å². The molecular formula is C7H8N2O. The van der Waals surface area contributed by atoms with Crippen molar-refractivity contribution >= 4 is 17.8 Å². The van der Waals surface area contributed by atoms with Crippen LogP contribution in [-0.2, 0) is 4.79 Å². The number of carbonyl (C=O) groups excluding carboxylic acids is 1. The van der Waals surface area contributed by atoms with Crippen LogP contribution in [0.25, 0.3) is 0 Å². The lowest BCUT2D eigenvalue weighted by molar-refractivity contribution is -0.105. The fraction of sp³-hybridized carbons (Fsp3) is 0. The summed E-state index contributed by atoms with van der Waals surface area (Å²) in [7, 11) is 0. The molecule has 1 rings (SSSR count). The lowest BCUT2D eigenvalue weighted by Gasteiger charge is -1.96. The molecule has 0 fully saturated rings. The second-order valence-electron chi connectivity index (χ2n) is 1.88. The third-order valence-electron chi connectivity index (χ3n) is 1.14. The molecule has 1 aromatic rings. The second-order valence-corrected chi connectivity index (χ2v) is 1.88. The summed E-state index contributed by atoms with van der Waals surface area (Å²) in [6.45, 7) is 0. The Bertz CT molecular complexity index is 218. The smallest absolute Gasteiger partial charge is 0.211 e. The number of hydrogen-bond acceptors (Lipinski definition) is 2. The van der Waals surface area contributed by atoms with Gasteiger partial charge in [0.2, 0.25) is 6.41 Å². The molecule has 0 aromatic heterocycles. The number of hydrogen-bond donors (Lipinski definition) is 2. The van der Waals surface area contributed by atoms with Crippen molar-refractivity contribution in [2.24, 2.45) is 0 Å². The molecule has 0 aliphatic heterocycles. The molecule has 0 saturated heterocycles. The van der Waals surface area contributed by atoms with E-state index in [1.54, 1.807) is 24.3 Å². The van der Waals surface area contributed by atoms with E-state index in [1.807, 2.05) is 0 Å². The maximum Gasteiger partial charge on any atom is 0.211 e. The van der Waals surface area contributed by atoms with Gasteiger partial charge in [-0.1, -0.05) is 0 Å². The molecular weight excluding hydrogens is 128 g/mol. The molecule has 3 N–H and O–H groups in total. The topological polar surface area (TPSA) is 55.1 Å². The minimum atomic E-state index is 0.630. The van der Waals surface area contributed by atoms with Crippen molar-refractivity contribution in [3.63, 3.8) is 0 Å². The highest BCUT2D eigenvalue weighted by molar-refractivity contribution is 5.71. The van der Waals surface area contributed by atoms with Gasteiger partial charge in [0.1, 0.15) is 0 Å². The van der Waals surface area contributed by atoms with E-state index in [-0.39, 0.29) is 0 Å². The Morgan fingerprint density at radius 1 is 1.30 bits per heavy atom. The molecule has 0 aliphatic rings. The van der Waals surface area contributed by atoms with Crippen molar-refractivity contribution < 1.29 is 4.79 Å². The molecule has 3 heteroatoms. The van der Waals surface area contributed by atoms with Gasteiger partial charge < -0.3 is 11.1 Å². The first kappa shape index (κ1) is 6.61. The maximum absolute atomic E-state index is 9.92. The molecule has 1 amide bonds. The highest BCUT2D eigenvalue weighted by Gasteiger charge is 1.86. The van der Waals surface area contributed by atoms with Crippen LogP contribution >= 0.6 is 0 Å². The van der Waals surface area contributed by atoms with E-state index in [4.69, 9.17) is 5.73 Å². The number of nitrogens with one attached hydrogen (secondary N) is 1. The summed E-state index contributed by atoms with van der Waals surface area (Å²) in [5, 5.41) is 2.50. The Morgan fingerprint density at radius 3 is 2.40 bits per heavy atom. The van der Waals surface area contributed by atoms with Crippen molar-refractivity contribution in [1.29, 1.82) is 0 Å². The largest absolute Gasteiger partial charge is 0.399 e. The molecule has 0 bridgehead atoms. The summed E-state index contributed by atoms with van der Waals surface area (Å²) in [5.41, 5.74) is 6.85. The minimum absolute atomic E-state index is 0.630. The predicted octanol–water partition coefficient (Wildman–Crippen LogP) is 0.837. The SMILES string of the molecule is Nc1ccc(NC=O)cc1. The molecule has 0 unspecified atom stereocenters. The van der Waals surface area contributed by atoms with Crippen molar-refractivity contribution in [2.45, 2.75) is 0 Å². The number of carbonyl (C=O) groups is 1. The molecule has 0 heterocycles. The summed E-state index contributed by atoms with van der Waals surface area (Å²) in [6, 6.07) is 6.94. The Kier molecular flexibility index (Phi) is 1.89. The Balaban J connectivity index is 2.78. The summed E-state index contributed by atoms with van der Waals surface area (Å²) >= 11 is 0. The van der Waals surface area contributed by atoms with Crippen LogP contribution in [-0.4, -0.2) is 6.41 Å². The van der Waals surface area contributed by atoms with E-state index in [0.29, 0.717) is 12.1 Å². The number of nitrogens with two attached hydrogens (primary N) is 1. The van der Waals surface area contributed by atoms with Crippen LogP contribution in [0.15, 0.2) is 24.3 Å². The Morgan fingerprint density at radius 2 is 1.90 bits per heavy atom. The van der Waals surface area contributed by atoms with Gasteiger partial charge in [0, 0.05) is 11.4 Å². The molecule has 0 spiro atoms. The van der Waals surface area contributed by atoms with Gasteiger partial charge in [0.15, 0.2) is 0 Å². The van der Waals surface area contributed by atoms with Gasteiger partial charge in [-0.25, -0.2) is 0 Å². The van der Waals surface area contributed by atoms with E-state index in [0.717, 1.165) is 5.69 Å². The summed E-state index contributed by atoms with van der Waals surface area (Å²) in [4.78, 5) is 9.92. The molecule has 52 valence electrons. The summed E-state index contributed by atoms with van der Waals surface area (Å²) in [5.74, 6) is 0. The second kappa shape index (κ2) is 2.87. The van der Waals surface area contributed by atoms with Gasteiger partial charge in [0.05, 0.1) is 0 Å². The number of anilines is 2. The van der Waals surface area contributed by atoms with Gasteiger partial charge in [-0.15, -0.1) is 0 Å². The van der Waals surface area contributed by atoms with E-state index < -0.39 is 0 Å². The summed E-state index contributed by atoms with van der Waals surface area (Å²) < 4.78 is 0. The monoisotopic (exact) mass is 136 g/mol. The number of rotatable bonds is 2. The average molecular weight is 136 g/mol. The first-order chi connectivity index (χ1) is 4.83. The quantitative estimate of drug-likeness (QED) is 0.467. The zero-order valence-corrected chi connectivity index (χ0v) is 5.37. The zero-order valence-electron chi connectivity index (χ0n) is 5.37. The van der Waals surface area contributed by atoms with Gasteiger partial charge in [-0.3, -0.25) is 4.79 Å². The van der Waals surface area contributed by atoms with Crippen LogP contribution in [0.1, 0.15) is 0 Å². The fourth-order valence-electron chi connectivity index (χ4n) is 0.647. The first-order valence-corrected chi connectivity index (χ1v) is 2.88. The molecule has 0 atom stereocenters. The van der Waals surface area contributed by atoms with Crippen molar-refractivity contribution in [3.05, 3.63) is 24.3 Å². The van der Waals surface area contributed by atoms with Gasteiger partial charge in [-0.05, 0) is 24.3 Å². The fourth-order valence-corrected chi connectivity index (χ4v) is 0.647. The number of nitrogen functional groups attached to an aromatic ring is 1. The normalized spacial score (nSPS) is 8.80. The number of benzene rings is 1. The standard InChI is InChI=1S/C7H8N2O/c8-6-1-3-7(4-2-6)9-5-10/h1-5H,8H2,(H,9,10). The van der Waals surface area contributed by atoms with Crippen LogP contribution in [0.2, 0.25) is 0 Å². The van der Waals surface area contributed by atoms with Gasteiger partial charge >= 0.3 is 0 Å². The van der Waals surface area contributed by atoms with Crippen LogP contribution in [0.4, 0.5) is 11.4 Å². The van der Waals surface area contributed by atoms with E-state index in [2.05, 4.69) is 5.32 Å². The highest BCUT2D eigenvalue weighted by Crippen LogP contribution is 2.08. The molecule has 10 heavy (non-hydrogen) atoms. The Hall–Kier alpha value is -1.51. The first-order valence-electron chi connectivity index (χ1n) is 2.88. The third kappa shape index (κ3) is 1.48.